The van der Waals surface area contributed by atoms with Crippen molar-refractivity contribution >= 4 is 22.6 Å². The Balaban J connectivity index is 1.36. The predicted octanol–water partition coefficient (Wildman–Crippen LogP) is 3.75. The number of pyridine rings is 1. The smallest absolute Gasteiger partial charge is 0.225 e. The highest BCUT2D eigenvalue weighted by molar-refractivity contribution is 5.90. The van der Waals surface area contributed by atoms with Crippen molar-refractivity contribution in [2.45, 2.75) is 32.6 Å². The van der Waals surface area contributed by atoms with E-state index in [1.54, 1.807) is 0 Å². The normalized spacial score (nSPS) is 14.7. The lowest BCUT2D eigenvalue weighted by Crippen LogP contribution is -2.22. The largest absolute Gasteiger partial charge is 0.311 e. The van der Waals surface area contributed by atoms with Gasteiger partial charge in [0, 0.05) is 29.1 Å². The summed E-state index contributed by atoms with van der Waals surface area (Å²) in [6.07, 6.45) is 4.00. The van der Waals surface area contributed by atoms with Crippen LogP contribution < -0.4 is 5.32 Å². The van der Waals surface area contributed by atoms with Crippen LogP contribution in [0.1, 0.15) is 31.4 Å². The van der Waals surface area contributed by atoms with Crippen LogP contribution in [0.4, 0.5) is 5.82 Å². The molecular formula is C21H25N5O. The number of benzene rings is 1. The zero-order valence-electron chi connectivity index (χ0n) is 15.7. The molecule has 27 heavy (non-hydrogen) atoms. The van der Waals surface area contributed by atoms with Crippen molar-refractivity contribution in [3.63, 3.8) is 0 Å². The van der Waals surface area contributed by atoms with E-state index >= 15 is 0 Å². The average molecular weight is 363 g/mol. The zero-order valence-corrected chi connectivity index (χ0v) is 15.7. The number of aromatic nitrogens is 3. The van der Waals surface area contributed by atoms with Crippen molar-refractivity contribution in [1.29, 1.82) is 0 Å². The monoisotopic (exact) mass is 363 g/mol. The van der Waals surface area contributed by atoms with E-state index in [1.807, 2.05) is 31.2 Å². The van der Waals surface area contributed by atoms with Gasteiger partial charge in [0.15, 0.2) is 0 Å². The molecule has 0 aliphatic carbocycles. The van der Waals surface area contributed by atoms with Crippen molar-refractivity contribution in [2.24, 2.45) is 0 Å². The maximum absolute atomic E-state index is 12.2. The maximum Gasteiger partial charge on any atom is 0.225 e. The van der Waals surface area contributed by atoms with Gasteiger partial charge in [-0.3, -0.25) is 14.9 Å². The van der Waals surface area contributed by atoms with Crippen molar-refractivity contribution in [3.05, 3.63) is 42.1 Å². The molecule has 6 heteroatoms. The number of likely N-dealkylation sites (tertiary alicyclic amines) is 1. The van der Waals surface area contributed by atoms with Gasteiger partial charge in [-0.05, 0) is 64.0 Å². The van der Waals surface area contributed by atoms with Gasteiger partial charge >= 0.3 is 0 Å². The number of aromatic amines is 1. The van der Waals surface area contributed by atoms with Crippen LogP contribution in [0, 0.1) is 6.92 Å². The Morgan fingerprint density at radius 3 is 2.89 bits per heavy atom. The van der Waals surface area contributed by atoms with Gasteiger partial charge in [0.25, 0.3) is 0 Å². The van der Waals surface area contributed by atoms with Crippen molar-refractivity contribution in [3.8, 4) is 11.3 Å². The second-order valence-electron chi connectivity index (χ2n) is 7.23. The van der Waals surface area contributed by atoms with Crippen LogP contribution in [0.15, 0.2) is 36.4 Å². The lowest BCUT2D eigenvalue weighted by Gasteiger charge is -2.13. The quantitative estimate of drug-likeness (QED) is 0.699. The second-order valence-corrected chi connectivity index (χ2v) is 7.23. The molecule has 2 N–H and O–H groups in total. The minimum atomic E-state index is 0.0302. The molecule has 1 amide bonds. The number of amides is 1. The molecule has 0 spiro atoms. The first-order valence-corrected chi connectivity index (χ1v) is 9.63. The number of carbonyl (C=O) groups excluding carboxylic acids is 1. The standard InChI is InChI=1S/C21H25N5O/c1-15-6-7-16-13-17(8-9-18(16)22-15)19-14-20(25-24-19)23-21(27)5-4-12-26-10-2-3-11-26/h6-9,13-14H,2-5,10-12H2,1H3,(H2,23,24,25,27). The summed E-state index contributed by atoms with van der Waals surface area (Å²) in [5.41, 5.74) is 3.79. The maximum atomic E-state index is 12.2. The van der Waals surface area contributed by atoms with Gasteiger partial charge in [0.05, 0.1) is 11.2 Å². The number of carbonyl (C=O) groups is 1. The Bertz CT molecular complexity index is 943. The molecule has 1 aliphatic heterocycles. The molecule has 0 atom stereocenters. The summed E-state index contributed by atoms with van der Waals surface area (Å²) < 4.78 is 0. The van der Waals surface area contributed by atoms with E-state index in [9.17, 15) is 4.79 Å². The summed E-state index contributed by atoms with van der Waals surface area (Å²) in [6.45, 7) is 5.34. The number of nitrogens with one attached hydrogen (secondary N) is 2. The second kappa shape index (κ2) is 7.88. The average Bonchev–Trinajstić information content (AvgIpc) is 3.33. The first kappa shape index (κ1) is 17.7. The summed E-state index contributed by atoms with van der Waals surface area (Å²) in [5.74, 6) is 0.667. The Morgan fingerprint density at radius 1 is 1.19 bits per heavy atom. The van der Waals surface area contributed by atoms with E-state index in [0.29, 0.717) is 12.2 Å². The molecule has 0 unspecified atom stereocenters. The van der Waals surface area contributed by atoms with E-state index in [2.05, 4.69) is 37.5 Å². The summed E-state index contributed by atoms with van der Waals surface area (Å²) in [5, 5.41) is 11.2. The molecule has 140 valence electrons. The molecule has 1 aliphatic rings. The van der Waals surface area contributed by atoms with E-state index in [1.165, 1.54) is 25.9 Å². The van der Waals surface area contributed by atoms with E-state index in [0.717, 1.165) is 40.8 Å². The molecule has 0 radical (unpaired) electrons. The van der Waals surface area contributed by atoms with Gasteiger partial charge in [0.1, 0.15) is 5.82 Å². The highest BCUT2D eigenvalue weighted by Crippen LogP contribution is 2.24. The zero-order chi connectivity index (χ0) is 18.6. The number of H-pyrrole nitrogens is 1. The van der Waals surface area contributed by atoms with Crippen LogP contribution in [-0.2, 0) is 4.79 Å². The number of rotatable bonds is 6. The van der Waals surface area contributed by atoms with E-state index in [-0.39, 0.29) is 5.91 Å². The van der Waals surface area contributed by atoms with E-state index in [4.69, 9.17) is 0 Å². The Labute approximate surface area is 159 Å². The van der Waals surface area contributed by atoms with Crippen LogP contribution in [-0.4, -0.2) is 45.6 Å². The first-order chi connectivity index (χ1) is 13.2. The Hall–Kier alpha value is -2.73. The van der Waals surface area contributed by atoms with Crippen LogP contribution in [0.5, 0.6) is 0 Å². The van der Waals surface area contributed by atoms with Crippen LogP contribution in [0.25, 0.3) is 22.2 Å². The summed E-state index contributed by atoms with van der Waals surface area (Å²) in [6, 6.07) is 12.0. The van der Waals surface area contributed by atoms with Crippen LogP contribution in [0.3, 0.4) is 0 Å². The molecule has 0 bridgehead atoms. The van der Waals surface area contributed by atoms with Gasteiger partial charge in [-0.15, -0.1) is 0 Å². The predicted molar refractivity (Wildman–Crippen MR) is 108 cm³/mol. The van der Waals surface area contributed by atoms with E-state index < -0.39 is 0 Å². The molecule has 6 nitrogen and oxygen atoms in total. The molecule has 2 aromatic heterocycles. The Kier molecular flexibility index (Phi) is 5.16. The summed E-state index contributed by atoms with van der Waals surface area (Å²) >= 11 is 0. The number of aryl methyl sites for hydroxylation is 1. The third kappa shape index (κ3) is 4.34. The minimum absolute atomic E-state index is 0.0302. The highest BCUT2D eigenvalue weighted by atomic mass is 16.1. The molecule has 0 saturated carbocycles. The Morgan fingerprint density at radius 2 is 2.04 bits per heavy atom. The third-order valence-corrected chi connectivity index (χ3v) is 5.05. The van der Waals surface area contributed by atoms with Crippen LogP contribution in [0.2, 0.25) is 0 Å². The summed E-state index contributed by atoms with van der Waals surface area (Å²) in [4.78, 5) is 19.1. The molecule has 4 rings (SSSR count). The SMILES string of the molecule is Cc1ccc2cc(-c3cc(NC(=O)CCCN4CCCC4)[nH]n3)ccc2n1. The topological polar surface area (TPSA) is 73.9 Å². The highest BCUT2D eigenvalue weighted by Gasteiger charge is 2.12. The lowest BCUT2D eigenvalue weighted by atomic mass is 10.1. The van der Waals surface area contributed by atoms with Gasteiger partial charge in [-0.1, -0.05) is 12.1 Å². The molecule has 1 aromatic carbocycles. The van der Waals surface area contributed by atoms with Gasteiger partial charge in [-0.25, -0.2) is 0 Å². The van der Waals surface area contributed by atoms with Gasteiger partial charge in [-0.2, -0.15) is 5.10 Å². The molecule has 1 saturated heterocycles. The number of anilines is 1. The molecule has 3 aromatic rings. The fourth-order valence-electron chi connectivity index (χ4n) is 3.60. The van der Waals surface area contributed by atoms with Crippen LogP contribution >= 0.6 is 0 Å². The van der Waals surface area contributed by atoms with Crippen molar-refractivity contribution < 1.29 is 4.79 Å². The third-order valence-electron chi connectivity index (χ3n) is 5.05. The summed E-state index contributed by atoms with van der Waals surface area (Å²) in [7, 11) is 0. The number of hydrogen-bond donors (Lipinski definition) is 2. The number of fused-ring (bicyclic) bond motifs is 1. The van der Waals surface area contributed by atoms with Gasteiger partial charge < -0.3 is 10.2 Å². The minimum Gasteiger partial charge on any atom is -0.311 e. The molecule has 1 fully saturated rings. The molecular weight excluding hydrogens is 338 g/mol. The number of hydrogen-bond acceptors (Lipinski definition) is 4. The molecule has 3 heterocycles. The van der Waals surface area contributed by atoms with Crippen molar-refractivity contribution in [2.75, 3.05) is 25.0 Å². The fraction of sp³-hybridized carbons (Fsp3) is 0.381. The first-order valence-electron chi connectivity index (χ1n) is 9.63. The van der Waals surface area contributed by atoms with Crippen molar-refractivity contribution in [1.82, 2.24) is 20.1 Å². The van der Waals surface area contributed by atoms with Gasteiger partial charge in [0.2, 0.25) is 5.91 Å². The lowest BCUT2D eigenvalue weighted by molar-refractivity contribution is -0.116. The fourth-order valence-corrected chi connectivity index (χ4v) is 3.60. The number of nitrogens with zero attached hydrogens (tertiary/aromatic N) is 3.